The monoisotopic (exact) mass is 405 g/mol. The fraction of sp³-hybridized carbons (Fsp3) is 0.481. The maximum atomic E-state index is 10.1. The van der Waals surface area contributed by atoms with Gasteiger partial charge in [-0.05, 0) is 87.7 Å². The Balaban J connectivity index is 1.47. The molecule has 0 spiro atoms. The van der Waals surface area contributed by atoms with E-state index in [1.807, 2.05) is 12.1 Å². The van der Waals surface area contributed by atoms with Crippen molar-refractivity contribution in [3.63, 3.8) is 0 Å². The van der Waals surface area contributed by atoms with Crippen molar-refractivity contribution in [1.29, 1.82) is 0 Å². The number of benzene rings is 2. The molecule has 0 saturated carbocycles. The van der Waals surface area contributed by atoms with E-state index in [4.69, 9.17) is 0 Å². The Hall–Kier alpha value is -2.12. The van der Waals surface area contributed by atoms with Gasteiger partial charge < -0.3 is 10.2 Å². The summed E-state index contributed by atoms with van der Waals surface area (Å²) < 4.78 is 0. The first-order chi connectivity index (χ1) is 14.4. The second-order valence-corrected chi connectivity index (χ2v) is 9.28. The van der Waals surface area contributed by atoms with Crippen molar-refractivity contribution < 1.29 is 10.2 Å². The van der Waals surface area contributed by atoms with Gasteiger partial charge in [0.05, 0.1) is 0 Å². The van der Waals surface area contributed by atoms with Crippen LogP contribution in [0.15, 0.2) is 54.6 Å². The summed E-state index contributed by atoms with van der Waals surface area (Å²) in [7, 11) is 0. The molecule has 1 heterocycles. The Labute approximate surface area is 181 Å². The molecule has 160 valence electrons. The van der Waals surface area contributed by atoms with Crippen LogP contribution in [0.25, 0.3) is 0 Å². The molecule has 0 bridgehead atoms. The van der Waals surface area contributed by atoms with Gasteiger partial charge in [0.15, 0.2) is 0 Å². The highest BCUT2D eigenvalue weighted by molar-refractivity contribution is 5.37. The smallest absolute Gasteiger partial charge is 0.120 e. The number of hydrogen-bond donors (Lipinski definition) is 2. The molecule has 0 atom stereocenters. The van der Waals surface area contributed by atoms with E-state index in [9.17, 15) is 10.2 Å². The lowest BCUT2D eigenvalue weighted by Gasteiger charge is -2.41. The molecule has 3 nitrogen and oxygen atoms in total. The molecule has 1 fully saturated rings. The van der Waals surface area contributed by atoms with E-state index in [-0.39, 0.29) is 5.41 Å². The van der Waals surface area contributed by atoms with Crippen molar-refractivity contribution in [2.45, 2.75) is 58.1 Å². The van der Waals surface area contributed by atoms with Crippen LogP contribution < -0.4 is 0 Å². The molecule has 0 unspecified atom stereocenters. The molecule has 30 heavy (non-hydrogen) atoms. The molecular weight excluding hydrogens is 370 g/mol. The second kappa shape index (κ2) is 10.3. The minimum Gasteiger partial charge on any atom is -0.396 e. The zero-order valence-corrected chi connectivity index (χ0v) is 18.4. The Kier molecular flexibility index (Phi) is 7.72. The lowest BCUT2D eigenvalue weighted by molar-refractivity contribution is 0.0330. The molecule has 2 N–H and O–H groups in total. The van der Waals surface area contributed by atoms with E-state index in [0.29, 0.717) is 6.61 Å². The fourth-order valence-corrected chi connectivity index (χ4v) is 4.16. The van der Waals surface area contributed by atoms with Gasteiger partial charge >= 0.3 is 0 Å². The van der Waals surface area contributed by atoms with Crippen LogP contribution in [0, 0.1) is 17.3 Å². The summed E-state index contributed by atoms with van der Waals surface area (Å²) in [6.07, 6.45) is 5.45. The third kappa shape index (κ3) is 6.99. The fourth-order valence-electron chi connectivity index (χ4n) is 4.16. The highest BCUT2D eigenvalue weighted by Gasteiger charge is 2.33. The van der Waals surface area contributed by atoms with Crippen LogP contribution >= 0.6 is 0 Å². The summed E-state index contributed by atoms with van der Waals surface area (Å²) in [5.74, 6) is 5.88. The zero-order chi connectivity index (χ0) is 21.5. The van der Waals surface area contributed by atoms with Crippen molar-refractivity contribution >= 4 is 0 Å². The van der Waals surface area contributed by atoms with Gasteiger partial charge in [0.25, 0.3) is 0 Å². The van der Waals surface area contributed by atoms with Gasteiger partial charge in [-0.3, -0.25) is 4.90 Å². The molecule has 0 aromatic heterocycles. The molecule has 0 amide bonds. The Morgan fingerprint density at radius 1 is 0.967 bits per heavy atom. The Morgan fingerprint density at radius 2 is 1.63 bits per heavy atom. The van der Waals surface area contributed by atoms with Crippen LogP contribution in [0.4, 0.5) is 0 Å². The van der Waals surface area contributed by atoms with E-state index in [1.165, 1.54) is 11.1 Å². The highest BCUT2D eigenvalue weighted by atomic mass is 16.3. The molecule has 1 aliphatic heterocycles. The number of nitrogens with zero attached hydrogens (tertiary/aromatic N) is 1. The number of aliphatic hydroxyl groups is 2. The first-order valence-corrected chi connectivity index (χ1v) is 11.1. The molecule has 0 radical (unpaired) electrons. The maximum Gasteiger partial charge on any atom is 0.120 e. The van der Waals surface area contributed by atoms with Crippen LogP contribution in [0.5, 0.6) is 0 Å². The van der Waals surface area contributed by atoms with Gasteiger partial charge in [-0.15, -0.1) is 0 Å². The zero-order valence-electron chi connectivity index (χ0n) is 18.4. The quantitative estimate of drug-likeness (QED) is 0.671. The number of aliphatic hydroxyl groups excluding tert-OH is 1. The topological polar surface area (TPSA) is 43.7 Å². The first kappa shape index (κ1) is 22.6. The molecule has 1 saturated heterocycles. The van der Waals surface area contributed by atoms with Crippen molar-refractivity contribution in [2.24, 2.45) is 5.41 Å². The lowest BCUT2D eigenvalue weighted by atomic mass is 9.75. The predicted octanol–water partition coefficient (Wildman–Crippen LogP) is 4.41. The van der Waals surface area contributed by atoms with Gasteiger partial charge in [0.1, 0.15) is 5.60 Å². The number of aryl methyl sites for hydroxylation is 1. The van der Waals surface area contributed by atoms with Gasteiger partial charge in [-0.1, -0.05) is 54.3 Å². The SMILES string of the molecule is CC(C)(O)C#Cc1ccc(CN2CCC(CO)(CCCc3ccccc3)CC2)cc1. The van der Waals surface area contributed by atoms with Crippen LogP contribution in [0.2, 0.25) is 0 Å². The number of piperidine rings is 1. The summed E-state index contributed by atoms with van der Waals surface area (Å²) in [5, 5.41) is 19.8. The van der Waals surface area contributed by atoms with Gasteiger partial charge in [0.2, 0.25) is 0 Å². The minimum absolute atomic E-state index is 0.0851. The number of hydrogen-bond acceptors (Lipinski definition) is 3. The third-order valence-electron chi connectivity index (χ3n) is 6.14. The van der Waals surface area contributed by atoms with Crippen molar-refractivity contribution in [3.05, 3.63) is 71.3 Å². The molecule has 1 aliphatic rings. The van der Waals surface area contributed by atoms with Gasteiger partial charge in [-0.2, -0.15) is 0 Å². The normalized spacial score (nSPS) is 16.7. The number of rotatable bonds is 7. The van der Waals surface area contributed by atoms with E-state index in [1.54, 1.807) is 13.8 Å². The van der Waals surface area contributed by atoms with Crippen molar-refractivity contribution in [1.82, 2.24) is 4.90 Å². The van der Waals surface area contributed by atoms with Crippen LogP contribution in [-0.2, 0) is 13.0 Å². The third-order valence-corrected chi connectivity index (χ3v) is 6.14. The van der Waals surface area contributed by atoms with E-state index in [2.05, 4.69) is 59.2 Å². The van der Waals surface area contributed by atoms with Crippen molar-refractivity contribution in [2.75, 3.05) is 19.7 Å². The largest absolute Gasteiger partial charge is 0.396 e. The first-order valence-electron chi connectivity index (χ1n) is 11.1. The summed E-state index contributed by atoms with van der Waals surface area (Å²) in [6.45, 7) is 6.69. The molecule has 0 aliphatic carbocycles. The Bertz CT molecular complexity index is 832. The second-order valence-electron chi connectivity index (χ2n) is 9.28. The van der Waals surface area contributed by atoms with Crippen molar-refractivity contribution in [3.8, 4) is 11.8 Å². The maximum absolute atomic E-state index is 10.1. The number of likely N-dealkylation sites (tertiary alicyclic amines) is 1. The van der Waals surface area contributed by atoms with E-state index < -0.39 is 5.60 Å². The van der Waals surface area contributed by atoms with E-state index >= 15 is 0 Å². The molecule has 3 rings (SSSR count). The van der Waals surface area contributed by atoms with Gasteiger partial charge in [-0.25, -0.2) is 0 Å². The average Bonchev–Trinajstić information content (AvgIpc) is 2.75. The summed E-state index contributed by atoms with van der Waals surface area (Å²) in [4.78, 5) is 2.49. The summed E-state index contributed by atoms with van der Waals surface area (Å²) >= 11 is 0. The van der Waals surface area contributed by atoms with Crippen LogP contribution in [-0.4, -0.2) is 40.4 Å². The summed E-state index contributed by atoms with van der Waals surface area (Å²) in [5.41, 5.74) is 2.72. The standard InChI is InChI=1S/C27H35NO2/c1-26(2,30)16-14-24-10-12-25(13-11-24)21-28-19-17-27(22-29,18-20-28)15-6-9-23-7-4-3-5-8-23/h3-5,7-8,10-13,29-30H,6,9,15,17-22H2,1-2H3. The summed E-state index contributed by atoms with van der Waals surface area (Å²) in [6, 6.07) is 18.9. The average molecular weight is 406 g/mol. The van der Waals surface area contributed by atoms with Crippen LogP contribution in [0.3, 0.4) is 0 Å². The van der Waals surface area contributed by atoms with Gasteiger partial charge in [0, 0.05) is 18.7 Å². The van der Waals surface area contributed by atoms with Crippen LogP contribution in [0.1, 0.15) is 56.2 Å². The molecule has 2 aromatic carbocycles. The molecule has 2 aromatic rings. The molecular formula is C27H35NO2. The molecule has 3 heteroatoms. The Morgan fingerprint density at radius 3 is 2.23 bits per heavy atom. The predicted molar refractivity (Wildman–Crippen MR) is 123 cm³/mol. The lowest BCUT2D eigenvalue weighted by Crippen LogP contribution is -2.41. The highest BCUT2D eigenvalue weighted by Crippen LogP contribution is 2.36. The minimum atomic E-state index is -0.966. The van der Waals surface area contributed by atoms with E-state index in [0.717, 1.165) is 57.3 Å².